The average molecular weight is 311 g/mol. The summed E-state index contributed by atoms with van der Waals surface area (Å²) in [5, 5.41) is 11.1. The topological polar surface area (TPSA) is 125 Å². The number of methoxy groups -OCH3 is 1. The van der Waals surface area contributed by atoms with Crippen LogP contribution in [0.1, 0.15) is 16.2 Å². The fraction of sp³-hybridized carbons (Fsp3) is 0.167. The first-order valence-corrected chi connectivity index (χ1v) is 7.33. The van der Waals surface area contributed by atoms with E-state index in [-0.39, 0.29) is 22.9 Å². The molecule has 0 aliphatic rings. The predicted molar refractivity (Wildman–Crippen MR) is 73.0 cm³/mol. The van der Waals surface area contributed by atoms with Crippen LogP contribution in [0.4, 0.5) is 5.69 Å². The Kier molecular flexibility index (Phi) is 4.36. The number of anilines is 1. The van der Waals surface area contributed by atoms with Crippen LogP contribution >= 0.6 is 0 Å². The highest BCUT2D eigenvalue weighted by molar-refractivity contribution is 7.89. The van der Waals surface area contributed by atoms with E-state index in [0.717, 1.165) is 0 Å². The Hall–Kier alpha value is -2.23. The molecule has 0 fully saturated rings. The van der Waals surface area contributed by atoms with Crippen LogP contribution in [0, 0.1) is 0 Å². The first-order chi connectivity index (χ1) is 9.90. The van der Waals surface area contributed by atoms with Crippen molar-refractivity contribution < 1.29 is 22.5 Å². The minimum Gasteiger partial charge on any atom is -0.377 e. The van der Waals surface area contributed by atoms with Crippen molar-refractivity contribution >= 4 is 21.6 Å². The van der Waals surface area contributed by atoms with Gasteiger partial charge in [0.05, 0.1) is 4.90 Å². The fourth-order valence-corrected chi connectivity index (χ4v) is 2.14. The van der Waals surface area contributed by atoms with Gasteiger partial charge in [-0.3, -0.25) is 4.79 Å². The van der Waals surface area contributed by atoms with Gasteiger partial charge in [0.15, 0.2) is 11.5 Å². The number of nitrogens with two attached hydrogens (primary N) is 1. The summed E-state index contributed by atoms with van der Waals surface area (Å²) in [5.41, 5.74) is 0.339. The van der Waals surface area contributed by atoms with Gasteiger partial charge in [0.2, 0.25) is 10.0 Å². The number of primary sulfonamides is 1. The summed E-state index contributed by atoms with van der Waals surface area (Å²) < 4.78 is 32.2. The molecule has 1 aromatic heterocycles. The smallest absolute Gasteiger partial charge is 0.277 e. The van der Waals surface area contributed by atoms with Crippen molar-refractivity contribution in [1.82, 2.24) is 5.16 Å². The molecule has 0 saturated heterocycles. The van der Waals surface area contributed by atoms with E-state index in [4.69, 9.17) is 14.4 Å². The number of hydrogen-bond acceptors (Lipinski definition) is 6. The van der Waals surface area contributed by atoms with Gasteiger partial charge in [-0.05, 0) is 18.2 Å². The van der Waals surface area contributed by atoms with Crippen molar-refractivity contribution in [3.8, 4) is 0 Å². The molecule has 1 aromatic carbocycles. The highest BCUT2D eigenvalue weighted by Crippen LogP contribution is 2.15. The van der Waals surface area contributed by atoms with Crippen molar-refractivity contribution in [2.45, 2.75) is 11.5 Å². The minimum absolute atomic E-state index is 0.0584. The number of amides is 1. The van der Waals surface area contributed by atoms with Crippen molar-refractivity contribution in [2.75, 3.05) is 12.4 Å². The molecular formula is C12H13N3O5S. The quantitative estimate of drug-likeness (QED) is 0.838. The van der Waals surface area contributed by atoms with Gasteiger partial charge in [-0.25, -0.2) is 13.6 Å². The van der Waals surface area contributed by atoms with E-state index < -0.39 is 15.9 Å². The third-order valence-corrected chi connectivity index (χ3v) is 3.41. The molecule has 8 nitrogen and oxygen atoms in total. The number of sulfonamides is 1. The van der Waals surface area contributed by atoms with Crippen LogP contribution in [0.25, 0.3) is 0 Å². The van der Waals surface area contributed by atoms with Crippen LogP contribution in [-0.4, -0.2) is 26.6 Å². The Morgan fingerprint density at radius 3 is 2.86 bits per heavy atom. The van der Waals surface area contributed by atoms with Crippen LogP contribution in [0.2, 0.25) is 0 Å². The molecule has 0 radical (unpaired) electrons. The molecule has 3 N–H and O–H groups in total. The lowest BCUT2D eigenvalue weighted by molar-refractivity contribution is 0.101. The number of hydrogen-bond donors (Lipinski definition) is 2. The molecule has 21 heavy (non-hydrogen) atoms. The van der Waals surface area contributed by atoms with Gasteiger partial charge in [-0.15, -0.1) is 0 Å². The van der Waals surface area contributed by atoms with Crippen LogP contribution in [0.3, 0.4) is 0 Å². The fourth-order valence-electron chi connectivity index (χ4n) is 1.58. The second-order valence-corrected chi connectivity index (χ2v) is 5.70. The monoisotopic (exact) mass is 311 g/mol. The predicted octanol–water partition coefficient (Wildman–Crippen LogP) is 0.721. The van der Waals surface area contributed by atoms with Crippen molar-refractivity contribution in [2.24, 2.45) is 5.14 Å². The largest absolute Gasteiger partial charge is 0.377 e. The van der Waals surface area contributed by atoms with Gasteiger partial charge in [0.1, 0.15) is 6.61 Å². The summed E-state index contributed by atoms with van der Waals surface area (Å²) in [6.45, 7) is 0.196. The number of nitrogens with one attached hydrogen (secondary N) is 1. The standard InChI is InChI=1S/C12H13N3O5S/c1-19-7-9-6-11(15-20-9)12(16)14-8-3-2-4-10(5-8)21(13,17)18/h2-6H,7H2,1H3,(H,14,16)(H2,13,17,18). The Morgan fingerprint density at radius 2 is 2.19 bits per heavy atom. The van der Waals surface area contributed by atoms with Crippen LogP contribution in [-0.2, 0) is 21.4 Å². The van der Waals surface area contributed by atoms with E-state index in [2.05, 4.69) is 10.5 Å². The van der Waals surface area contributed by atoms with Gasteiger partial charge in [0.25, 0.3) is 5.91 Å². The van der Waals surface area contributed by atoms with E-state index in [1.165, 1.54) is 37.4 Å². The van der Waals surface area contributed by atoms with Crippen molar-refractivity contribution in [1.29, 1.82) is 0 Å². The first kappa shape index (κ1) is 15.2. The molecule has 0 saturated carbocycles. The number of ether oxygens (including phenoxy) is 1. The molecule has 1 heterocycles. The lowest BCUT2D eigenvalue weighted by Crippen LogP contribution is -2.15. The van der Waals surface area contributed by atoms with Crippen LogP contribution < -0.4 is 10.5 Å². The summed E-state index contributed by atoms with van der Waals surface area (Å²) in [6, 6.07) is 7.01. The lowest BCUT2D eigenvalue weighted by Gasteiger charge is -2.04. The molecule has 0 aliphatic carbocycles. The molecule has 0 bridgehead atoms. The third kappa shape index (κ3) is 3.88. The SMILES string of the molecule is COCc1cc(C(=O)Nc2cccc(S(N)(=O)=O)c2)no1. The molecule has 9 heteroatoms. The summed E-state index contributed by atoms with van der Waals surface area (Å²) in [7, 11) is -2.34. The summed E-state index contributed by atoms with van der Waals surface area (Å²) in [5.74, 6) is -0.131. The van der Waals surface area contributed by atoms with Gasteiger partial charge in [-0.2, -0.15) is 0 Å². The van der Waals surface area contributed by atoms with Crippen molar-refractivity contribution in [3.05, 3.63) is 41.8 Å². The normalized spacial score (nSPS) is 11.3. The second kappa shape index (κ2) is 6.04. The highest BCUT2D eigenvalue weighted by Gasteiger charge is 2.14. The number of carbonyl (C=O) groups excluding carboxylic acids is 1. The maximum atomic E-state index is 11.9. The maximum Gasteiger partial charge on any atom is 0.277 e. The highest BCUT2D eigenvalue weighted by atomic mass is 32.2. The van der Waals surface area contributed by atoms with E-state index in [1.807, 2.05) is 0 Å². The molecular weight excluding hydrogens is 298 g/mol. The average Bonchev–Trinajstić information content (AvgIpc) is 2.87. The Bertz CT molecular complexity index is 754. The number of rotatable bonds is 5. The Morgan fingerprint density at radius 1 is 1.43 bits per heavy atom. The molecule has 1 amide bonds. The van der Waals surface area contributed by atoms with Gasteiger partial charge in [0, 0.05) is 18.9 Å². The molecule has 112 valence electrons. The van der Waals surface area contributed by atoms with E-state index in [9.17, 15) is 13.2 Å². The van der Waals surface area contributed by atoms with E-state index >= 15 is 0 Å². The first-order valence-electron chi connectivity index (χ1n) is 5.79. The molecule has 0 unspecified atom stereocenters. The Labute approximate surface area is 120 Å². The van der Waals surface area contributed by atoms with E-state index in [1.54, 1.807) is 0 Å². The van der Waals surface area contributed by atoms with Gasteiger partial charge in [-0.1, -0.05) is 11.2 Å². The maximum absolute atomic E-state index is 11.9. The van der Waals surface area contributed by atoms with Gasteiger partial charge >= 0.3 is 0 Å². The number of benzene rings is 1. The van der Waals surface area contributed by atoms with Crippen molar-refractivity contribution in [3.63, 3.8) is 0 Å². The minimum atomic E-state index is -3.83. The lowest BCUT2D eigenvalue weighted by atomic mass is 10.3. The van der Waals surface area contributed by atoms with Gasteiger partial charge < -0.3 is 14.6 Å². The summed E-state index contributed by atoms with van der Waals surface area (Å²) >= 11 is 0. The molecule has 0 aliphatic heterocycles. The summed E-state index contributed by atoms with van der Waals surface area (Å²) in [6.07, 6.45) is 0. The second-order valence-electron chi connectivity index (χ2n) is 4.14. The molecule has 2 aromatic rings. The number of carbonyl (C=O) groups is 1. The zero-order chi connectivity index (χ0) is 15.5. The molecule has 2 rings (SSSR count). The number of nitrogens with zero attached hydrogens (tertiary/aromatic N) is 1. The molecule has 0 atom stereocenters. The zero-order valence-electron chi connectivity index (χ0n) is 11.1. The van der Waals surface area contributed by atoms with Crippen LogP contribution in [0.15, 0.2) is 39.8 Å². The zero-order valence-corrected chi connectivity index (χ0v) is 11.9. The summed E-state index contributed by atoms with van der Waals surface area (Å²) in [4.78, 5) is 11.8. The molecule has 0 spiro atoms. The Balaban J connectivity index is 2.15. The number of aromatic nitrogens is 1. The third-order valence-electron chi connectivity index (χ3n) is 2.50. The van der Waals surface area contributed by atoms with E-state index in [0.29, 0.717) is 5.76 Å². The van der Waals surface area contributed by atoms with Crippen LogP contribution in [0.5, 0.6) is 0 Å².